The number of nitrogens with one attached hydrogen (secondary N) is 1. The van der Waals surface area contributed by atoms with Crippen LogP contribution in [0.2, 0.25) is 0 Å². The van der Waals surface area contributed by atoms with Crippen molar-refractivity contribution in [3.63, 3.8) is 0 Å². The quantitative estimate of drug-likeness (QED) is 0.243. The summed E-state index contributed by atoms with van der Waals surface area (Å²) in [6.45, 7) is 4.16. The zero-order valence-corrected chi connectivity index (χ0v) is 23.3. The number of aromatic nitrogens is 2. The molecule has 0 saturated carbocycles. The number of ether oxygens (including phenoxy) is 3. The topological polar surface area (TPSA) is 77.9 Å². The molecule has 1 saturated heterocycles. The number of carbonyl (C=O) groups excluding carboxylic acids is 1. The first-order valence-corrected chi connectivity index (χ1v) is 12.9. The lowest BCUT2D eigenvalue weighted by Crippen LogP contribution is -2.30. The molecule has 2 aromatic carbocycles. The maximum atomic E-state index is 12.0. The first kappa shape index (κ1) is 26.2. The zero-order chi connectivity index (χ0) is 27.7. The highest BCUT2D eigenvalue weighted by Gasteiger charge is 2.43. The molecule has 0 bridgehead atoms. The molecular formula is C30H30N4O4S. The van der Waals surface area contributed by atoms with Gasteiger partial charge in [0.25, 0.3) is 0 Å². The molecule has 0 unspecified atom stereocenters. The molecule has 1 fully saturated rings. The molecular weight excluding hydrogens is 512 g/mol. The summed E-state index contributed by atoms with van der Waals surface area (Å²) in [6.07, 6.45) is 1.79. The third-order valence-corrected chi connectivity index (χ3v) is 7.39. The number of aryl methyl sites for hydroxylation is 1. The van der Waals surface area contributed by atoms with Gasteiger partial charge in [0.2, 0.25) is 0 Å². The Morgan fingerprint density at radius 3 is 2.38 bits per heavy atom. The van der Waals surface area contributed by atoms with Crippen LogP contribution in [0.5, 0.6) is 11.5 Å². The van der Waals surface area contributed by atoms with Gasteiger partial charge in [0.05, 0.1) is 50.4 Å². The Morgan fingerprint density at radius 1 is 0.974 bits per heavy atom. The third kappa shape index (κ3) is 4.70. The summed E-state index contributed by atoms with van der Waals surface area (Å²) < 4.78 is 18.3. The first-order valence-electron chi connectivity index (χ1n) is 12.5. The van der Waals surface area contributed by atoms with Crippen LogP contribution in [0.3, 0.4) is 0 Å². The van der Waals surface area contributed by atoms with Crippen LogP contribution in [0.25, 0.3) is 5.69 Å². The zero-order valence-electron chi connectivity index (χ0n) is 22.5. The van der Waals surface area contributed by atoms with Crippen LogP contribution in [0.4, 0.5) is 5.69 Å². The highest BCUT2D eigenvalue weighted by Crippen LogP contribution is 2.47. The van der Waals surface area contributed by atoms with E-state index in [0.717, 1.165) is 34.0 Å². The van der Waals surface area contributed by atoms with Crippen molar-refractivity contribution in [2.24, 2.45) is 0 Å². The average molecular weight is 543 g/mol. The minimum atomic E-state index is -0.366. The summed E-state index contributed by atoms with van der Waals surface area (Å²) in [6, 6.07) is 20.7. The van der Waals surface area contributed by atoms with Crippen molar-refractivity contribution in [1.29, 1.82) is 0 Å². The number of rotatable bonds is 7. The number of benzene rings is 2. The van der Waals surface area contributed by atoms with Gasteiger partial charge in [-0.25, -0.2) is 4.79 Å². The van der Waals surface area contributed by atoms with Crippen molar-refractivity contribution in [3.8, 4) is 17.2 Å². The Kier molecular flexibility index (Phi) is 7.26. The summed E-state index contributed by atoms with van der Waals surface area (Å²) in [7, 11) is 4.66. The Bertz CT molecular complexity index is 1520. The summed E-state index contributed by atoms with van der Waals surface area (Å²) in [5, 5.41) is 4.08. The van der Waals surface area contributed by atoms with Gasteiger partial charge in [-0.05, 0) is 86.2 Å². The van der Waals surface area contributed by atoms with Gasteiger partial charge >= 0.3 is 5.97 Å². The molecule has 2 atom stereocenters. The van der Waals surface area contributed by atoms with E-state index in [4.69, 9.17) is 26.4 Å². The summed E-state index contributed by atoms with van der Waals surface area (Å²) >= 11 is 5.93. The summed E-state index contributed by atoms with van der Waals surface area (Å²) in [5.41, 5.74) is 6.29. The number of thiocarbonyl (C=S) groups is 1. The van der Waals surface area contributed by atoms with Crippen LogP contribution >= 0.6 is 12.2 Å². The fraction of sp³-hybridized carbons (Fsp3) is 0.233. The predicted octanol–water partition coefficient (Wildman–Crippen LogP) is 5.47. The van der Waals surface area contributed by atoms with Gasteiger partial charge in [0.15, 0.2) is 5.11 Å². The normalized spacial score (nSPS) is 16.6. The van der Waals surface area contributed by atoms with Gasteiger partial charge in [-0.3, -0.25) is 4.98 Å². The number of methoxy groups -OCH3 is 3. The molecule has 1 aliphatic heterocycles. The van der Waals surface area contributed by atoms with Gasteiger partial charge in [0, 0.05) is 29.3 Å². The fourth-order valence-corrected chi connectivity index (χ4v) is 5.60. The van der Waals surface area contributed by atoms with E-state index in [1.54, 1.807) is 32.5 Å². The van der Waals surface area contributed by atoms with Gasteiger partial charge < -0.3 is 29.0 Å². The van der Waals surface area contributed by atoms with E-state index in [1.165, 1.54) is 7.11 Å². The molecule has 2 aromatic heterocycles. The molecule has 3 heterocycles. The molecule has 0 spiro atoms. The SMILES string of the molecule is COC(=O)c1ccc(-n2c(C)cc([C@H]3[C@H](c4ccccn4)NC(=S)N3c3cc(OC)ccc3OC)c2C)cc1. The van der Waals surface area contributed by atoms with Gasteiger partial charge in [-0.2, -0.15) is 0 Å². The number of hydrogen-bond donors (Lipinski definition) is 1. The third-order valence-electron chi connectivity index (χ3n) is 7.08. The fourth-order valence-electron chi connectivity index (χ4n) is 5.26. The van der Waals surface area contributed by atoms with Gasteiger partial charge in [-0.1, -0.05) is 6.07 Å². The molecule has 1 N–H and O–H groups in total. The molecule has 5 rings (SSSR count). The highest BCUT2D eigenvalue weighted by molar-refractivity contribution is 7.80. The van der Waals surface area contributed by atoms with E-state index in [1.807, 2.05) is 48.5 Å². The minimum absolute atomic E-state index is 0.217. The average Bonchev–Trinajstić information content (AvgIpc) is 3.47. The number of esters is 1. The molecule has 0 aliphatic carbocycles. The van der Waals surface area contributed by atoms with Crippen molar-refractivity contribution in [2.45, 2.75) is 25.9 Å². The van der Waals surface area contributed by atoms with Crippen molar-refractivity contribution in [2.75, 3.05) is 26.2 Å². The lowest BCUT2D eigenvalue weighted by atomic mass is 9.96. The minimum Gasteiger partial charge on any atom is -0.497 e. The summed E-state index contributed by atoms with van der Waals surface area (Å²) in [5.74, 6) is 1.01. The Hall–Kier alpha value is -4.37. The van der Waals surface area contributed by atoms with Crippen LogP contribution in [0.1, 0.15) is 45.1 Å². The molecule has 200 valence electrons. The monoisotopic (exact) mass is 542 g/mol. The molecule has 0 radical (unpaired) electrons. The highest BCUT2D eigenvalue weighted by atomic mass is 32.1. The molecule has 0 amide bonds. The predicted molar refractivity (Wildman–Crippen MR) is 154 cm³/mol. The number of hydrogen-bond acceptors (Lipinski definition) is 6. The lowest BCUT2D eigenvalue weighted by molar-refractivity contribution is 0.0600. The maximum absolute atomic E-state index is 12.0. The van der Waals surface area contributed by atoms with Crippen molar-refractivity contribution >= 4 is 29.0 Å². The van der Waals surface area contributed by atoms with E-state index in [2.05, 4.69) is 39.7 Å². The first-order chi connectivity index (χ1) is 18.9. The second kappa shape index (κ2) is 10.8. The van der Waals surface area contributed by atoms with Crippen LogP contribution in [0.15, 0.2) is 72.9 Å². The Labute approximate surface area is 233 Å². The lowest BCUT2D eigenvalue weighted by Gasteiger charge is -2.29. The van der Waals surface area contributed by atoms with Crippen molar-refractivity contribution in [3.05, 3.63) is 101 Å². The standard InChI is InChI=1S/C30H30N4O4S/c1-18-16-23(19(2)33(18)21-11-9-20(10-12-21)29(35)38-5)28-27(24-8-6-7-15-31-24)32-30(39)34(28)25-17-22(36-3)13-14-26(25)37-4/h6-17,27-28H,1-5H3,(H,32,39)/t27-,28-/m0/s1. The second-order valence-corrected chi connectivity index (χ2v) is 9.62. The number of carbonyl (C=O) groups is 1. The largest absolute Gasteiger partial charge is 0.497 e. The van der Waals surface area contributed by atoms with Gasteiger partial charge in [-0.15, -0.1) is 0 Å². The number of pyridine rings is 1. The maximum Gasteiger partial charge on any atom is 0.337 e. The molecule has 39 heavy (non-hydrogen) atoms. The van der Waals surface area contributed by atoms with E-state index in [0.29, 0.717) is 22.2 Å². The molecule has 1 aliphatic rings. The second-order valence-electron chi connectivity index (χ2n) is 9.23. The van der Waals surface area contributed by atoms with Crippen LogP contribution in [-0.4, -0.2) is 42.0 Å². The number of nitrogens with zero attached hydrogens (tertiary/aromatic N) is 3. The molecule has 9 heteroatoms. The molecule has 8 nitrogen and oxygen atoms in total. The van der Waals surface area contributed by atoms with E-state index in [-0.39, 0.29) is 18.1 Å². The number of anilines is 1. The smallest absolute Gasteiger partial charge is 0.337 e. The van der Waals surface area contributed by atoms with Crippen LogP contribution < -0.4 is 19.7 Å². The van der Waals surface area contributed by atoms with E-state index >= 15 is 0 Å². The summed E-state index contributed by atoms with van der Waals surface area (Å²) in [4.78, 5) is 18.7. The van der Waals surface area contributed by atoms with Crippen LogP contribution in [-0.2, 0) is 4.74 Å². The van der Waals surface area contributed by atoms with Crippen LogP contribution in [0, 0.1) is 13.8 Å². The molecule has 4 aromatic rings. The van der Waals surface area contributed by atoms with Crippen molar-refractivity contribution in [1.82, 2.24) is 14.9 Å². The van der Waals surface area contributed by atoms with Gasteiger partial charge in [0.1, 0.15) is 11.5 Å². The van der Waals surface area contributed by atoms with E-state index in [9.17, 15) is 4.79 Å². The van der Waals surface area contributed by atoms with E-state index < -0.39 is 0 Å². The van der Waals surface area contributed by atoms with Crippen molar-refractivity contribution < 1.29 is 19.0 Å². The Balaban J connectivity index is 1.67. The Morgan fingerprint density at radius 2 is 1.74 bits per heavy atom.